The van der Waals surface area contributed by atoms with Crippen LogP contribution in [-0.4, -0.2) is 50.3 Å². The molecule has 0 spiro atoms. The highest BCUT2D eigenvalue weighted by molar-refractivity contribution is 4.77. The number of hydrogen-bond acceptors (Lipinski definition) is 4. The topological polar surface area (TPSA) is 48.1 Å². The van der Waals surface area contributed by atoms with Crippen molar-refractivity contribution in [2.24, 2.45) is 0 Å². The van der Waals surface area contributed by atoms with E-state index in [1.807, 2.05) is 0 Å². The van der Waals surface area contributed by atoms with E-state index in [1.54, 1.807) is 0 Å². The molecule has 0 saturated carbocycles. The SMILES string of the molecule is C[C@H]1CN[C@@H](C)CN[C@@H](C)CN[C@@H](C)CN1. The van der Waals surface area contributed by atoms with Crippen molar-refractivity contribution in [3.8, 4) is 0 Å². The average Bonchev–Trinajstić information content (AvgIpc) is 2.27. The predicted molar refractivity (Wildman–Crippen MR) is 69.9 cm³/mol. The first-order valence-electron chi connectivity index (χ1n) is 6.51. The molecule has 1 aliphatic rings. The van der Waals surface area contributed by atoms with Gasteiger partial charge in [0.1, 0.15) is 0 Å². The lowest BCUT2D eigenvalue weighted by atomic mass is 10.2. The third-order valence-corrected chi connectivity index (χ3v) is 3.09. The Hall–Kier alpha value is -0.160. The molecular formula is C12H28N4. The second-order valence-electron chi connectivity index (χ2n) is 5.24. The lowest BCUT2D eigenvalue weighted by Crippen LogP contribution is -2.51. The average molecular weight is 228 g/mol. The van der Waals surface area contributed by atoms with Gasteiger partial charge in [0.25, 0.3) is 0 Å². The van der Waals surface area contributed by atoms with Crippen LogP contribution < -0.4 is 21.3 Å². The number of rotatable bonds is 0. The van der Waals surface area contributed by atoms with Crippen molar-refractivity contribution in [3.05, 3.63) is 0 Å². The predicted octanol–water partition coefficient (Wildman–Crippen LogP) is -0.0876. The number of nitrogens with one attached hydrogen (secondary N) is 4. The summed E-state index contributed by atoms with van der Waals surface area (Å²) < 4.78 is 0. The molecule has 1 rings (SSSR count). The van der Waals surface area contributed by atoms with Crippen molar-refractivity contribution < 1.29 is 0 Å². The van der Waals surface area contributed by atoms with E-state index in [0.717, 1.165) is 26.2 Å². The molecule has 0 aromatic heterocycles. The fraction of sp³-hybridized carbons (Fsp3) is 1.00. The Kier molecular flexibility index (Phi) is 6.28. The zero-order valence-corrected chi connectivity index (χ0v) is 11.1. The fourth-order valence-electron chi connectivity index (χ4n) is 1.80. The maximum atomic E-state index is 3.54. The van der Waals surface area contributed by atoms with E-state index >= 15 is 0 Å². The maximum absolute atomic E-state index is 3.54. The first-order chi connectivity index (χ1) is 7.58. The Morgan fingerprint density at radius 2 is 0.688 bits per heavy atom. The highest BCUT2D eigenvalue weighted by Crippen LogP contribution is 1.90. The van der Waals surface area contributed by atoms with Gasteiger partial charge in [-0.3, -0.25) is 0 Å². The summed E-state index contributed by atoms with van der Waals surface area (Å²) in [5.41, 5.74) is 0. The molecule has 96 valence electrons. The summed E-state index contributed by atoms with van der Waals surface area (Å²) in [5, 5.41) is 14.2. The minimum Gasteiger partial charge on any atom is -0.311 e. The van der Waals surface area contributed by atoms with Crippen molar-refractivity contribution in [2.45, 2.75) is 51.9 Å². The van der Waals surface area contributed by atoms with Crippen molar-refractivity contribution in [1.29, 1.82) is 0 Å². The van der Waals surface area contributed by atoms with Crippen molar-refractivity contribution in [3.63, 3.8) is 0 Å². The second-order valence-corrected chi connectivity index (χ2v) is 5.24. The van der Waals surface area contributed by atoms with Gasteiger partial charge in [0, 0.05) is 50.3 Å². The highest BCUT2D eigenvalue weighted by atomic mass is 15.1. The van der Waals surface area contributed by atoms with Crippen LogP contribution in [-0.2, 0) is 0 Å². The molecule has 0 radical (unpaired) electrons. The Balaban J connectivity index is 2.39. The van der Waals surface area contributed by atoms with Crippen molar-refractivity contribution in [2.75, 3.05) is 26.2 Å². The van der Waals surface area contributed by atoms with Crippen LogP contribution in [0.3, 0.4) is 0 Å². The van der Waals surface area contributed by atoms with E-state index in [0.29, 0.717) is 24.2 Å². The van der Waals surface area contributed by atoms with Crippen LogP contribution >= 0.6 is 0 Å². The summed E-state index contributed by atoms with van der Waals surface area (Å²) in [6.07, 6.45) is 0. The van der Waals surface area contributed by atoms with Gasteiger partial charge in [-0.05, 0) is 27.7 Å². The van der Waals surface area contributed by atoms with Gasteiger partial charge in [0.2, 0.25) is 0 Å². The third kappa shape index (κ3) is 5.80. The normalized spacial score (nSPS) is 39.8. The quantitative estimate of drug-likeness (QED) is 0.468. The monoisotopic (exact) mass is 228 g/mol. The van der Waals surface area contributed by atoms with Crippen LogP contribution in [0.4, 0.5) is 0 Å². The molecule has 4 nitrogen and oxygen atoms in total. The molecule has 1 fully saturated rings. The zero-order valence-electron chi connectivity index (χ0n) is 11.1. The second kappa shape index (κ2) is 7.22. The molecule has 4 N–H and O–H groups in total. The minimum atomic E-state index is 0.531. The fourth-order valence-corrected chi connectivity index (χ4v) is 1.80. The number of hydrogen-bond donors (Lipinski definition) is 4. The largest absolute Gasteiger partial charge is 0.311 e. The van der Waals surface area contributed by atoms with E-state index < -0.39 is 0 Å². The Bertz CT molecular complexity index is 130. The smallest absolute Gasteiger partial charge is 0.0164 e. The molecular weight excluding hydrogens is 200 g/mol. The lowest BCUT2D eigenvalue weighted by molar-refractivity contribution is 0.376. The van der Waals surface area contributed by atoms with Crippen molar-refractivity contribution >= 4 is 0 Å². The van der Waals surface area contributed by atoms with Gasteiger partial charge in [-0.2, -0.15) is 0 Å². The van der Waals surface area contributed by atoms with Gasteiger partial charge in [-0.1, -0.05) is 0 Å². The molecule has 0 bridgehead atoms. The van der Waals surface area contributed by atoms with Gasteiger partial charge in [0.15, 0.2) is 0 Å². The third-order valence-electron chi connectivity index (χ3n) is 3.09. The molecule has 1 saturated heterocycles. The molecule has 1 aliphatic heterocycles. The van der Waals surface area contributed by atoms with Gasteiger partial charge in [0.05, 0.1) is 0 Å². The van der Waals surface area contributed by atoms with Gasteiger partial charge in [-0.25, -0.2) is 0 Å². The van der Waals surface area contributed by atoms with Crippen molar-refractivity contribution in [1.82, 2.24) is 21.3 Å². The molecule has 4 heteroatoms. The van der Waals surface area contributed by atoms with E-state index in [1.165, 1.54) is 0 Å². The molecule has 0 aromatic carbocycles. The molecule has 16 heavy (non-hydrogen) atoms. The van der Waals surface area contributed by atoms with Crippen LogP contribution in [0, 0.1) is 0 Å². The van der Waals surface area contributed by atoms with Crippen LogP contribution in [0.25, 0.3) is 0 Å². The summed E-state index contributed by atoms with van der Waals surface area (Å²) in [7, 11) is 0. The minimum absolute atomic E-state index is 0.531. The van der Waals surface area contributed by atoms with E-state index in [4.69, 9.17) is 0 Å². The summed E-state index contributed by atoms with van der Waals surface area (Å²) in [5.74, 6) is 0. The molecule has 4 atom stereocenters. The van der Waals surface area contributed by atoms with Gasteiger partial charge >= 0.3 is 0 Å². The Morgan fingerprint density at radius 3 is 0.875 bits per heavy atom. The molecule has 1 heterocycles. The summed E-state index contributed by atoms with van der Waals surface area (Å²) in [6, 6.07) is 2.12. The van der Waals surface area contributed by atoms with Crippen LogP contribution in [0.5, 0.6) is 0 Å². The Morgan fingerprint density at radius 1 is 0.500 bits per heavy atom. The maximum Gasteiger partial charge on any atom is 0.0164 e. The van der Waals surface area contributed by atoms with Gasteiger partial charge in [-0.15, -0.1) is 0 Å². The first-order valence-corrected chi connectivity index (χ1v) is 6.51. The summed E-state index contributed by atoms with van der Waals surface area (Å²) >= 11 is 0. The first kappa shape index (κ1) is 13.9. The lowest BCUT2D eigenvalue weighted by Gasteiger charge is -2.26. The standard InChI is InChI=1S/C12H28N4/c1-9-5-14-11(3)7-16-12(4)8-15-10(2)6-13-9/h9-16H,5-8H2,1-4H3/t9-,10-,11-,12-/m0/s1. The van der Waals surface area contributed by atoms with Crippen LogP contribution in [0.2, 0.25) is 0 Å². The molecule has 0 unspecified atom stereocenters. The summed E-state index contributed by atoms with van der Waals surface area (Å²) in [6.45, 7) is 13.0. The summed E-state index contributed by atoms with van der Waals surface area (Å²) in [4.78, 5) is 0. The van der Waals surface area contributed by atoms with Gasteiger partial charge < -0.3 is 21.3 Å². The molecule has 0 amide bonds. The zero-order chi connectivity index (χ0) is 12.0. The van der Waals surface area contributed by atoms with E-state index in [-0.39, 0.29) is 0 Å². The Labute approximate surface area is 99.9 Å². The van der Waals surface area contributed by atoms with Crippen LogP contribution in [0.15, 0.2) is 0 Å². The van der Waals surface area contributed by atoms with Crippen LogP contribution in [0.1, 0.15) is 27.7 Å². The van der Waals surface area contributed by atoms with E-state index in [9.17, 15) is 0 Å². The highest BCUT2D eigenvalue weighted by Gasteiger charge is 2.11. The molecule has 0 aliphatic carbocycles. The van der Waals surface area contributed by atoms with E-state index in [2.05, 4.69) is 49.0 Å². The molecule has 0 aromatic rings.